The molecule has 1 rings (SSSR count). The number of benzene rings is 1. The van der Waals surface area contributed by atoms with Crippen LogP contribution in [0.2, 0.25) is 0 Å². The lowest BCUT2D eigenvalue weighted by atomic mass is 10.1. The quantitative estimate of drug-likeness (QED) is 0.447. The van der Waals surface area contributed by atoms with Crippen molar-refractivity contribution < 1.29 is 9.53 Å². The van der Waals surface area contributed by atoms with Gasteiger partial charge in [0.1, 0.15) is 0 Å². The van der Waals surface area contributed by atoms with Crippen LogP contribution in [-0.4, -0.2) is 12.6 Å². The van der Waals surface area contributed by atoms with Crippen molar-refractivity contribution in [3.8, 4) is 11.8 Å². The number of carbonyl (C=O) groups is 1. The van der Waals surface area contributed by atoms with E-state index in [0.717, 1.165) is 18.4 Å². The molecular weight excluding hydrogens is 224 g/mol. The first kappa shape index (κ1) is 14.3. The SMILES string of the molecule is CCCCCC#Cc1ccc(C(=O)OCC)cc1. The molecule has 0 heterocycles. The zero-order valence-corrected chi connectivity index (χ0v) is 11.2. The van der Waals surface area contributed by atoms with Crippen LogP contribution in [0.3, 0.4) is 0 Å². The largest absolute Gasteiger partial charge is 0.462 e. The van der Waals surface area contributed by atoms with Crippen LogP contribution < -0.4 is 0 Å². The molecule has 0 saturated carbocycles. The van der Waals surface area contributed by atoms with E-state index in [4.69, 9.17) is 4.74 Å². The van der Waals surface area contributed by atoms with E-state index in [1.54, 1.807) is 19.1 Å². The first-order chi connectivity index (χ1) is 8.77. The van der Waals surface area contributed by atoms with E-state index in [0.29, 0.717) is 12.2 Å². The van der Waals surface area contributed by atoms with Crippen LogP contribution in [0, 0.1) is 11.8 Å². The third kappa shape index (κ3) is 5.05. The van der Waals surface area contributed by atoms with Crippen LogP contribution in [-0.2, 0) is 4.74 Å². The predicted molar refractivity (Wildman–Crippen MR) is 73.4 cm³/mol. The third-order valence-electron chi connectivity index (χ3n) is 2.53. The molecule has 0 radical (unpaired) electrons. The monoisotopic (exact) mass is 244 g/mol. The van der Waals surface area contributed by atoms with Gasteiger partial charge in [0.2, 0.25) is 0 Å². The molecule has 0 bridgehead atoms. The third-order valence-corrected chi connectivity index (χ3v) is 2.53. The molecule has 0 aliphatic carbocycles. The van der Waals surface area contributed by atoms with Crippen LogP contribution in [0.5, 0.6) is 0 Å². The van der Waals surface area contributed by atoms with Gasteiger partial charge < -0.3 is 4.74 Å². The molecule has 0 atom stereocenters. The summed E-state index contributed by atoms with van der Waals surface area (Å²) in [7, 11) is 0. The Labute approximate surface area is 109 Å². The standard InChI is InChI=1S/C16H20O2/c1-3-5-6-7-8-9-14-10-12-15(13-11-14)16(17)18-4-2/h10-13H,3-7H2,1-2H3. The number of hydrogen-bond acceptors (Lipinski definition) is 2. The van der Waals surface area contributed by atoms with Gasteiger partial charge in [-0.05, 0) is 37.6 Å². The summed E-state index contributed by atoms with van der Waals surface area (Å²) in [6.07, 6.45) is 4.55. The summed E-state index contributed by atoms with van der Waals surface area (Å²) in [5, 5.41) is 0. The molecule has 0 aromatic heterocycles. The van der Waals surface area contributed by atoms with Gasteiger partial charge in [0, 0.05) is 12.0 Å². The number of ether oxygens (including phenoxy) is 1. The normalized spacial score (nSPS) is 9.44. The summed E-state index contributed by atoms with van der Waals surface area (Å²) in [4.78, 5) is 11.4. The average Bonchev–Trinajstić information content (AvgIpc) is 2.39. The molecule has 0 amide bonds. The molecule has 0 fully saturated rings. The Hall–Kier alpha value is -1.75. The Morgan fingerprint density at radius 3 is 2.50 bits per heavy atom. The number of carbonyl (C=O) groups excluding carboxylic acids is 1. The second kappa shape index (κ2) is 8.36. The Morgan fingerprint density at radius 2 is 1.89 bits per heavy atom. The molecule has 18 heavy (non-hydrogen) atoms. The van der Waals surface area contributed by atoms with Crippen LogP contribution in [0.4, 0.5) is 0 Å². The van der Waals surface area contributed by atoms with Crippen molar-refractivity contribution in [2.75, 3.05) is 6.61 Å². The molecule has 0 saturated heterocycles. The summed E-state index contributed by atoms with van der Waals surface area (Å²) < 4.78 is 4.92. The van der Waals surface area contributed by atoms with Crippen LogP contribution in [0.15, 0.2) is 24.3 Å². The lowest BCUT2D eigenvalue weighted by molar-refractivity contribution is 0.0526. The number of unbranched alkanes of at least 4 members (excludes halogenated alkanes) is 3. The highest BCUT2D eigenvalue weighted by Gasteiger charge is 2.04. The lowest BCUT2D eigenvalue weighted by Crippen LogP contribution is -2.04. The molecule has 2 nitrogen and oxygen atoms in total. The Balaban J connectivity index is 2.52. The molecule has 0 spiro atoms. The molecule has 0 aliphatic heterocycles. The minimum Gasteiger partial charge on any atom is -0.462 e. The van der Waals surface area contributed by atoms with Crippen molar-refractivity contribution in [2.45, 2.75) is 39.5 Å². The molecule has 1 aromatic rings. The highest BCUT2D eigenvalue weighted by molar-refractivity contribution is 5.89. The highest BCUT2D eigenvalue weighted by Crippen LogP contribution is 2.05. The van der Waals surface area contributed by atoms with Crippen molar-refractivity contribution in [3.05, 3.63) is 35.4 Å². The molecule has 0 N–H and O–H groups in total. The maximum Gasteiger partial charge on any atom is 0.338 e. The fraction of sp³-hybridized carbons (Fsp3) is 0.438. The van der Waals surface area contributed by atoms with Crippen molar-refractivity contribution in [2.24, 2.45) is 0 Å². The summed E-state index contributed by atoms with van der Waals surface area (Å²) in [6, 6.07) is 7.24. The van der Waals surface area contributed by atoms with Crippen molar-refractivity contribution in [1.29, 1.82) is 0 Å². The van der Waals surface area contributed by atoms with Gasteiger partial charge in [0.25, 0.3) is 0 Å². The van der Waals surface area contributed by atoms with E-state index in [9.17, 15) is 4.79 Å². The van der Waals surface area contributed by atoms with E-state index < -0.39 is 0 Å². The van der Waals surface area contributed by atoms with Gasteiger partial charge in [0.05, 0.1) is 12.2 Å². The number of rotatable bonds is 5. The molecule has 2 heteroatoms. The Morgan fingerprint density at radius 1 is 1.17 bits per heavy atom. The first-order valence-corrected chi connectivity index (χ1v) is 6.54. The van der Waals surface area contributed by atoms with Gasteiger partial charge in [-0.3, -0.25) is 0 Å². The van der Waals surface area contributed by atoms with Crippen LogP contribution >= 0.6 is 0 Å². The van der Waals surface area contributed by atoms with Crippen molar-refractivity contribution in [1.82, 2.24) is 0 Å². The van der Waals surface area contributed by atoms with Gasteiger partial charge in [-0.2, -0.15) is 0 Å². The smallest absolute Gasteiger partial charge is 0.338 e. The average molecular weight is 244 g/mol. The first-order valence-electron chi connectivity index (χ1n) is 6.54. The molecule has 1 aromatic carbocycles. The topological polar surface area (TPSA) is 26.3 Å². The Kier molecular flexibility index (Phi) is 6.64. The fourth-order valence-corrected chi connectivity index (χ4v) is 1.53. The summed E-state index contributed by atoms with van der Waals surface area (Å²) in [5.41, 5.74) is 1.52. The second-order valence-electron chi connectivity index (χ2n) is 4.06. The summed E-state index contributed by atoms with van der Waals surface area (Å²) >= 11 is 0. The van der Waals surface area contributed by atoms with Crippen LogP contribution in [0.1, 0.15) is 55.5 Å². The second-order valence-corrected chi connectivity index (χ2v) is 4.06. The zero-order valence-electron chi connectivity index (χ0n) is 11.2. The fourth-order valence-electron chi connectivity index (χ4n) is 1.53. The van der Waals surface area contributed by atoms with Gasteiger partial charge in [-0.15, -0.1) is 0 Å². The number of hydrogen-bond donors (Lipinski definition) is 0. The highest BCUT2D eigenvalue weighted by atomic mass is 16.5. The molecule has 0 unspecified atom stereocenters. The molecule has 96 valence electrons. The zero-order chi connectivity index (χ0) is 13.2. The maximum atomic E-state index is 11.4. The summed E-state index contributed by atoms with van der Waals surface area (Å²) in [6.45, 7) is 4.38. The van der Waals surface area contributed by atoms with Gasteiger partial charge in [-0.1, -0.05) is 31.6 Å². The van der Waals surface area contributed by atoms with E-state index in [1.807, 2.05) is 12.1 Å². The Bertz CT molecular complexity index is 421. The van der Waals surface area contributed by atoms with Gasteiger partial charge >= 0.3 is 5.97 Å². The minimum atomic E-state index is -0.278. The maximum absolute atomic E-state index is 11.4. The minimum absolute atomic E-state index is 0.278. The van der Waals surface area contributed by atoms with Crippen LogP contribution in [0.25, 0.3) is 0 Å². The molecular formula is C16H20O2. The van der Waals surface area contributed by atoms with Crippen molar-refractivity contribution >= 4 is 5.97 Å². The lowest BCUT2D eigenvalue weighted by Gasteiger charge is -2.00. The van der Waals surface area contributed by atoms with Crippen molar-refractivity contribution in [3.63, 3.8) is 0 Å². The van der Waals surface area contributed by atoms with E-state index in [1.165, 1.54) is 12.8 Å². The number of esters is 1. The van der Waals surface area contributed by atoms with E-state index in [2.05, 4.69) is 18.8 Å². The van der Waals surface area contributed by atoms with Gasteiger partial charge in [0.15, 0.2) is 0 Å². The van der Waals surface area contributed by atoms with E-state index >= 15 is 0 Å². The summed E-state index contributed by atoms with van der Waals surface area (Å²) in [5.74, 6) is 5.97. The van der Waals surface area contributed by atoms with E-state index in [-0.39, 0.29) is 5.97 Å². The van der Waals surface area contributed by atoms with Gasteiger partial charge in [-0.25, -0.2) is 4.79 Å². The predicted octanol–water partition coefficient (Wildman–Crippen LogP) is 3.80. The molecule has 0 aliphatic rings.